The van der Waals surface area contributed by atoms with Gasteiger partial charge in [-0.25, -0.2) is 0 Å². The predicted molar refractivity (Wildman–Crippen MR) is 61.4 cm³/mol. The summed E-state index contributed by atoms with van der Waals surface area (Å²) in [4.78, 5) is 11.8. The largest absolute Gasteiger partial charge is 0.456 e. The Labute approximate surface area is 95.4 Å². The Hall–Kier alpha value is -1.29. The number of rotatable bonds is 2. The molecule has 1 unspecified atom stereocenters. The van der Waals surface area contributed by atoms with Gasteiger partial charge in [0.05, 0.1) is 0 Å². The van der Waals surface area contributed by atoms with Crippen LogP contribution in [-0.2, 0) is 0 Å². The fourth-order valence-corrected chi connectivity index (χ4v) is 1.98. The Balaban J connectivity index is 1.90. The SMILES string of the molecule is Cc1ccc(C(=O)NC2CCCNCC2)o1. The third-order valence-corrected chi connectivity index (χ3v) is 2.88. The van der Waals surface area contributed by atoms with Crippen LogP contribution in [0.25, 0.3) is 0 Å². The van der Waals surface area contributed by atoms with E-state index in [4.69, 9.17) is 4.42 Å². The van der Waals surface area contributed by atoms with E-state index in [1.807, 2.05) is 13.0 Å². The normalized spacial score (nSPS) is 21.4. The maximum Gasteiger partial charge on any atom is 0.287 e. The van der Waals surface area contributed by atoms with Gasteiger partial charge in [-0.2, -0.15) is 0 Å². The Morgan fingerprint density at radius 1 is 1.44 bits per heavy atom. The summed E-state index contributed by atoms with van der Waals surface area (Å²) < 4.78 is 5.29. The molecule has 1 aromatic heterocycles. The third-order valence-electron chi connectivity index (χ3n) is 2.88. The number of carbonyl (C=O) groups is 1. The second-order valence-electron chi connectivity index (χ2n) is 4.26. The maximum atomic E-state index is 11.8. The molecule has 2 rings (SSSR count). The summed E-state index contributed by atoms with van der Waals surface area (Å²) in [5.41, 5.74) is 0. The van der Waals surface area contributed by atoms with Crippen molar-refractivity contribution in [3.8, 4) is 0 Å². The van der Waals surface area contributed by atoms with Gasteiger partial charge in [-0.1, -0.05) is 0 Å². The molecule has 0 radical (unpaired) electrons. The zero-order valence-electron chi connectivity index (χ0n) is 9.58. The van der Waals surface area contributed by atoms with E-state index in [0.29, 0.717) is 5.76 Å². The number of furan rings is 1. The first-order valence-corrected chi connectivity index (χ1v) is 5.84. The second kappa shape index (κ2) is 5.16. The minimum absolute atomic E-state index is 0.0972. The Kier molecular flexibility index (Phi) is 3.62. The van der Waals surface area contributed by atoms with Crippen molar-refractivity contribution in [3.05, 3.63) is 23.7 Å². The lowest BCUT2D eigenvalue weighted by atomic mass is 10.1. The van der Waals surface area contributed by atoms with Crippen molar-refractivity contribution in [3.63, 3.8) is 0 Å². The number of hydrogen-bond donors (Lipinski definition) is 2. The topological polar surface area (TPSA) is 54.3 Å². The minimum atomic E-state index is -0.0972. The number of amides is 1. The van der Waals surface area contributed by atoms with Gasteiger partial charge in [-0.15, -0.1) is 0 Å². The van der Waals surface area contributed by atoms with Gasteiger partial charge in [-0.05, 0) is 51.4 Å². The minimum Gasteiger partial charge on any atom is -0.456 e. The van der Waals surface area contributed by atoms with E-state index in [1.165, 1.54) is 0 Å². The Morgan fingerprint density at radius 3 is 3.06 bits per heavy atom. The number of nitrogens with one attached hydrogen (secondary N) is 2. The fourth-order valence-electron chi connectivity index (χ4n) is 1.98. The van der Waals surface area contributed by atoms with Gasteiger partial charge in [0, 0.05) is 6.04 Å². The zero-order valence-corrected chi connectivity index (χ0v) is 9.58. The highest BCUT2D eigenvalue weighted by Gasteiger charge is 2.17. The molecule has 1 fully saturated rings. The molecular formula is C12H18N2O2. The number of carbonyl (C=O) groups excluding carboxylic acids is 1. The van der Waals surface area contributed by atoms with Crippen molar-refractivity contribution in [2.75, 3.05) is 13.1 Å². The zero-order chi connectivity index (χ0) is 11.4. The molecule has 0 spiro atoms. The van der Waals surface area contributed by atoms with Crippen LogP contribution in [0.15, 0.2) is 16.5 Å². The summed E-state index contributed by atoms with van der Waals surface area (Å²) >= 11 is 0. The Bertz CT molecular complexity index is 352. The van der Waals surface area contributed by atoms with Crippen LogP contribution in [-0.4, -0.2) is 25.0 Å². The number of hydrogen-bond acceptors (Lipinski definition) is 3. The van der Waals surface area contributed by atoms with Crippen molar-refractivity contribution >= 4 is 5.91 Å². The van der Waals surface area contributed by atoms with Gasteiger partial charge >= 0.3 is 0 Å². The molecule has 2 N–H and O–H groups in total. The van der Waals surface area contributed by atoms with E-state index in [-0.39, 0.29) is 11.9 Å². The van der Waals surface area contributed by atoms with E-state index in [9.17, 15) is 4.79 Å². The van der Waals surface area contributed by atoms with Gasteiger partial charge < -0.3 is 15.1 Å². The van der Waals surface area contributed by atoms with Crippen molar-refractivity contribution in [2.24, 2.45) is 0 Å². The first-order chi connectivity index (χ1) is 7.75. The van der Waals surface area contributed by atoms with Crippen LogP contribution in [0.3, 0.4) is 0 Å². The molecule has 0 aliphatic carbocycles. The van der Waals surface area contributed by atoms with E-state index in [2.05, 4.69) is 10.6 Å². The first kappa shape index (κ1) is 11.2. The van der Waals surface area contributed by atoms with Crippen LogP contribution in [0.4, 0.5) is 0 Å². The monoisotopic (exact) mass is 222 g/mol. The average Bonchev–Trinajstić information content (AvgIpc) is 2.54. The van der Waals surface area contributed by atoms with Crippen LogP contribution in [0.5, 0.6) is 0 Å². The summed E-state index contributed by atoms with van der Waals surface area (Å²) in [6.45, 7) is 3.86. The van der Waals surface area contributed by atoms with Gasteiger partial charge in [0.1, 0.15) is 5.76 Å². The van der Waals surface area contributed by atoms with Crippen molar-refractivity contribution in [1.29, 1.82) is 0 Å². The lowest BCUT2D eigenvalue weighted by Gasteiger charge is -2.14. The smallest absolute Gasteiger partial charge is 0.287 e. The predicted octanol–water partition coefficient (Wildman–Crippen LogP) is 1.46. The van der Waals surface area contributed by atoms with Gasteiger partial charge in [0.25, 0.3) is 5.91 Å². The molecule has 1 aromatic rings. The van der Waals surface area contributed by atoms with Crippen molar-refractivity contribution in [1.82, 2.24) is 10.6 Å². The molecular weight excluding hydrogens is 204 g/mol. The van der Waals surface area contributed by atoms with Crippen LogP contribution in [0.2, 0.25) is 0 Å². The van der Waals surface area contributed by atoms with E-state index in [1.54, 1.807) is 6.07 Å². The quantitative estimate of drug-likeness (QED) is 0.796. The molecule has 1 aliphatic heterocycles. The average molecular weight is 222 g/mol. The van der Waals surface area contributed by atoms with E-state index >= 15 is 0 Å². The molecule has 1 saturated heterocycles. The standard InChI is InChI=1S/C12H18N2O2/c1-9-4-5-11(16-9)12(15)14-10-3-2-7-13-8-6-10/h4-5,10,13H,2-3,6-8H2,1H3,(H,14,15). The lowest BCUT2D eigenvalue weighted by molar-refractivity contribution is 0.0904. The van der Waals surface area contributed by atoms with Gasteiger partial charge in [0.15, 0.2) is 5.76 Å². The van der Waals surface area contributed by atoms with Crippen molar-refractivity contribution in [2.45, 2.75) is 32.2 Å². The second-order valence-corrected chi connectivity index (χ2v) is 4.26. The highest BCUT2D eigenvalue weighted by atomic mass is 16.3. The summed E-state index contributed by atoms with van der Waals surface area (Å²) in [7, 11) is 0. The summed E-state index contributed by atoms with van der Waals surface area (Å²) in [6, 6.07) is 3.80. The van der Waals surface area contributed by atoms with Gasteiger partial charge in [-0.3, -0.25) is 4.79 Å². The van der Waals surface area contributed by atoms with Crippen LogP contribution < -0.4 is 10.6 Å². The summed E-state index contributed by atoms with van der Waals surface area (Å²) in [6.07, 6.45) is 3.14. The van der Waals surface area contributed by atoms with Gasteiger partial charge in [0.2, 0.25) is 0 Å². The molecule has 1 amide bonds. The molecule has 4 nitrogen and oxygen atoms in total. The highest BCUT2D eigenvalue weighted by molar-refractivity contribution is 5.91. The molecule has 0 aromatic carbocycles. The molecule has 2 heterocycles. The molecule has 1 atom stereocenters. The molecule has 1 aliphatic rings. The third kappa shape index (κ3) is 2.85. The number of aryl methyl sites for hydroxylation is 1. The molecule has 4 heteroatoms. The molecule has 88 valence electrons. The fraction of sp³-hybridized carbons (Fsp3) is 0.583. The molecule has 0 bridgehead atoms. The van der Waals surface area contributed by atoms with Crippen molar-refractivity contribution < 1.29 is 9.21 Å². The molecule has 0 saturated carbocycles. The summed E-state index contributed by atoms with van der Waals surface area (Å²) in [5, 5.41) is 6.34. The Morgan fingerprint density at radius 2 is 2.31 bits per heavy atom. The van der Waals surface area contributed by atoms with E-state index < -0.39 is 0 Å². The van der Waals surface area contributed by atoms with Crippen LogP contribution in [0.1, 0.15) is 35.6 Å². The first-order valence-electron chi connectivity index (χ1n) is 5.84. The summed E-state index contributed by atoms with van der Waals surface area (Å²) in [5.74, 6) is 1.09. The molecule has 16 heavy (non-hydrogen) atoms. The van der Waals surface area contributed by atoms with E-state index in [0.717, 1.165) is 38.1 Å². The maximum absolute atomic E-state index is 11.8. The van der Waals surface area contributed by atoms with Crippen LogP contribution in [0, 0.1) is 6.92 Å². The highest BCUT2D eigenvalue weighted by Crippen LogP contribution is 2.09. The lowest BCUT2D eigenvalue weighted by Crippen LogP contribution is -2.35. The van der Waals surface area contributed by atoms with Crippen LogP contribution >= 0.6 is 0 Å².